The van der Waals surface area contributed by atoms with E-state index in [1.165, 1.54) is 12.1 Å². The molecule has 98 valence electrons. The second kappa shape index (κ2) is 4.64. The van der Waals surface area contributed by atoms with Crippen LogP contribution in [0.2, 0.25) is 0 Å². The number of nitrogens with two attached hydrogens (primary N) is 1. The molecule has 0 spiro atoms. The monoisotopic (exact) mass is 252 g/mol. The molecule has 1 aliphatic rings. The largest absolute Gasteiger partial charge is 0.339 e. The van der Waals surface area contributed by atoms with Gasteiger partial charge in [-0.25, -0.2) is 0 Å². The zero-order valence-corrected chi connectivity index (χ0v) is 10.3. The number of benzene rings is 1. The van der Waals surface area contributed by atoms with Crippen molar-refractivity contribution < 1.29 is 14.4 Å². The van der Waals surface area contributed by atoms with Gasteiger partial charge in [-0.2, -0.15) is 0 Å². The molecule has 0 amide bonds. The van der Waals surface area contributed by atoms with Crippen molar-refractivity contribution in [1.29, 1.82) is 0 Å². The summed E-state index contributed by atoms with van der Waals surface area (Å²) in [5.41, 5.74) is 6.47. The average Bonchev–Trinajstić information content (AvgIpc) is 2.66. The fourth-order valence-corrected chi connectivity index (χ4v) is 2.01. The quantitative estimate of drug-likeness (QED) is 0.651. The zero-order chi connectivity index (χ0) is 13.3. The molecule has 6 heteroatoms. The summed E-state index contributed by atoms with van der Waals surface area (Å²) in [7, 11) is 0. The molecule has 1 aromatic rings. The van der Waals surface area contributed by atoms with E-state index in [-0.39, 0.29) is 24.4 Å². The lowest BCUT2D eigenvalue weighted by atomic mass is 10.1. The van der Waals surface area contributed by atoms with E-state index in [0.717, 1.165) is 0 Å². The molecule has 1 fully saturated rings. The molecule has 0 aromatic heterocycles. The highest BCUT2D eigenvalue weighted by Gasteiger charge is 2.44. The molecule has 2 N–H and O–H groups in total. The van der Waals surface area contributed by atoms with Gasteiger partial charge in [0.05, 0.1) is 23.7 Å². The molecule has 18 heavy (non-hydrogen) atoms. The van der Waals surface area contributed by atoms with E-state index >= 15 is 0 Å². The third kappa shape index (κ3) is 2.10. The van der Waals surface area contributed by atoms with Crippen LogP contribution in [0.25, 0.3) is 0 Å². The van der Waals surface area contributed by atoms with Crippen LogP contribution in [-0.2, 0) is 15.3 Å². The first-order chi connectivity index (χ1) is 8.48. The lowest BCUT2D eigenvalue weighted by Crippen LogP contribution is -2.36. The fourth-order valence-electron chi connectivity index (χ4n) is 2.01. The minimum Gasteiger partial charge on any atom is -0.339 e. The molecule has 2 rings (SSSR count). The predicted molar refractivity (Wildman–Crippen MR) is 64.9 cm³/mol. The molecule has 6 nitrogen and oxygen atoms in total. The lowest BCUT2D eigenvalue weighted by Gasteiger charge is -2.26. The number of hydrogen-bond acceptors (Lipinski definition) is 5. The Kier molecular flexibility index (Phi) is 3.34. The first-order valence-electron chi connectivity index (χ1n) is 5.79. The van der Waals surface area contributed by atoms with Gasteiger partial charge in [-0.1, -0.05) is 0 Å². The molecule has 0 bridgehead atoms. The van der Waals surface area contributed by atoms with Crippen LogP contribution < -0.4 is 5.73 Å². The summed E-state index contributed by atoms with van der Waals surface area (Å²) in [6, 6.07) is 6.09. The number of nitro groups is 1. The van der Waals surface area contributed by atoms with Gasteiger partial charge in [0.2, 0.25) is 5.79 Å². The molecule has 1 aromatic carbocycles. The van der Waals surface area contributed by atoms with E-state index in [2.05, 4.69) is 0 Å². The van der Waals surface area contributed by atoms with Crippen molar-refractivity contribution >= 4 is 5.69 Å². The standard InChI is InChI=1S/C12H16N2O4/c1-8-9(2)18-12(7-13,17-8)10-3-5-11(6-4-10)14(15)16/h3-6,8-9H,7,13H2,1-2H3/t8-,9-/m1/s1. The summed E-state index contributed by atoms with van der Waals surface area (Å²) in [4.78, 5) is 10.2. The van der Waals surface area contributed by atoms with E-state index in [0.29, 0.717) is 5.56 Å². The van der Waals surface area contributed by atoms with Gasteiger partial charge >= 0.3 is 0 Å². The second-order valence-corrected chi connectivity index (χ2v) is 4.41. The summed E-state index contributed by atoms with van der Waals surface area (Å²) in [5.74, 6) is -0.992. The molecular weight excluding hydrogens is 236 g/mol. The molecular formula is C12H16N2O4. The number of hydrogen-bond donors (Lipinski definition) is 1. The van der Waals surface area contributed by atoms with Crippen LogP contribution in [-0.4, -0.2) is 23.7 Å². The van der Waals surface area contributed by atoms with Crippen molar-refractivity contribution in [2.24, 2.45) is 5.73 Å². The SMILES string of the molecule is C[C@H]1OC(CN)(c2ccc([N+](=O)[O-])cc2)O[C@@H]1C. The maximum Gasteiger partial charge on any atom is 0.269 e. The van der Waals surface area contributed by atoms with Crippen LogP contribution in [0.3, 0.4) is 0 Å². The van der Waals surface area contributed by atoms with Gasteiger partial charge in [-0.3, -0.25) is 10.1 Å². The van der Waals surface area contributed by atoms with Crippen molar-refractivity contribution in [2.75, 3.05) is 6.54 Å². The minimum absolute atomic E-state index is 0.0324. The maximum atomic E-state index is 10.6. The van der Waals surface area contributed by atoms with Gasteiger partial charge in [0.1, 0.15) is 0 Å². The Hall–Kier alpha value is -1.50. The lowest BCUT2D eigenvalue weighted by molar-refractivity contribution is -0.384. The number of nitrogens with zero attached hydrogens (tertiary/aromatic N) is 1. The fraction of sp³-hybridized carbons (Fsp3) is 0.500. The Morgan fingerprint density at radius 1 is 1.28 bits per heavy atom. The van der Waals surface area contributed by atoms with Gasteiger partial charge in [0.15, 0.2) is 0 Å². The summed E-state index contributed by atoms with van der Waals surface area (Å²) < 4.78 is 11.6. The van der Waals surface area contributed by atoms with Crippen LogP contribution in [0.15, 0.2) is 24.3 Å². The van der Waals surface area contributed by atoms with Crippen LogP contribution in [0, 0.1) is 10.1 Å². The van der Waals surface area contributed by atoms with Gasteiger partial charge in [0.25, 0.3) is 5.69 Å². The van der Waals surface area contributed by atoms with E-state index < -0.39 is 10.7 Å². The van der Waals surface area contributed by atoms with Crippen molar-refractivity contribution in [1.82, 2.24) is 0 Å². The van der Waals surface area contributed by atoms with Gasteiger partial charge in [0, 0.05) is 17.7 Å². The van der Waals surface area contributed by atoms with Crippen LogP contribution in [0.5, 0.6) is 0 Å². The number of non-ortho nitro benzene ring substituents is 1. The summed E-state index contributed by atoms with van der Waals surface area (Å²) in [6.45, 7) is 3.99. The smallest absolute Gasteiger partial charge is 0.269 e. The van der Waals surface area contributed by atoms with E-state index in [1.54, 1.807) is 12.1 Å². The highest BCUT2D eigenvalue weighted by Crippen LogP contribution is 2.37. The van der Waals surface area contributed by atoms with Crippen LogP contribution >= 0.6 is 0 Å². The molecule has 1 saturated heterocycles. The van der Waals surface area contributed by atoms with Gasteiger partial charge < -0.3 is 15.2 Å². The molecule has 2 atom stereocenters. The minimum atomic E-state index is -0.992. The highest BCUT2D eigenvalue weighted by atomic mass is 16.8. The summed E-state index contributed by atoms with van der Waals surface area (Å²) >= 11 is 0. The van der Waals surface area contributed by atoms with Gasteiger partial charge in [-0.05, 0) is 26.0 Å². The Balaban J connectivity index is 2.31. The average molecular weight is 252 g/mol. The highest BCUT2D eigenvalue weighted by molar-refractivity contribution is 5.35. The van der Waals surface area contributed by atoms with E-state index in [1.807, 2.05) is 13.8 Å². The first kappa shape index (κ1) is 12.9. The Bertz CT molecular complexity index is 436. The van der Waals surface area contributed by atoms with Crippen molar-refractivity contribution in [2.45, 2.75) is 31.8 Å². The molecule has 0 saturated carbocycles. The van der Waals surface area contributed by atoms with Crippen LogP contribution in [0.1, 0.15) is 19.4 Å². The molecule has 1 aliphatic heterocycles. The van der Waals surface area contributed by atoms with Crippen molar-refractivity contribution in [3.05, 3.63) is 39.9 Å². The first-order valence-corrected chi connectivity index (χ1v) is 5.79. The Labute approximate surface area is 105 Å². The van der Waals surface area contributed by atoms with Gasteiger partial charge in [-0.15, -0.1) is 0 Å². The molecule has 0 aliphatic carbocycles. The maximum absolute atomic E-state index is 10.6. The number of ether oxygens (including phenoxy) is 2. The molecule has 1 heterocycles. The van der Waals surface area contributed by atoms with E-state index in [9.17, 15) is 10.1 Å². The topological polar surface area (TPSA) is 87.6 Å². The Morgan fingerprint density at radius 2 is 1.78 bits per heavy atom. The second-order valence-electron chi connectivity index (χ2n) is 4.41. The van der Waals surface area contributed by atoms with E-state index in [4.69, 9.17) is 15.2 Å². The van der Waals surface area contributed by atoms with Crippen molar-refractivity contribution in [3.8, 4) is 0 Å². The number of rotatable bonds is 3. The summed E-state index contributed by atoms with van der Waals surface area (Å²) in [5, 5.41) is 10.6. The summed E-state index contributed by atoms with van der Waals surface area (Å²) in [6.07, 6.45) is -0.132. The third-order valence-electron chi connectivity index (χ3n) is 3.20. The molecule has 0 unspecified atom stereocenters. The van der Waals surface area contributed by atoms with Crippen LogP contribution in [0.4, 0.5) is 5.69 Å². The van der Waals surface area contributed by atoms with Crippen molar-refractivity contribution in [3.63, 3.8) is 0 Å². The Morgan fingerprint density at radius 3 is 2.17 bits per heavy atom. The normalized spacial score (nSPS) is 26.2. The number of nitro benzene ring substituents is 1. The zero-order valence-electron chi connectivity index (χ0n) is 10.3. The molecule has 0 radical (unpaired) electrons. The third-order valence-corrected chi connectivity index (χ3v) is 3.20. The predicted octanol–water partition coefficient (Wildman–Crippen LogP) is 1.53.